The first kappa shape index (κ1) is 19.6. The molecule has 2 N–H and O–H groups in total. The van der Waals surface area contributed by atoms with Crippen LogP contribution < -0.4 is 10.0 Å². The Morgan fingerprint density at radius 1 is 1.04 bits per heavy atom. The van der Waals surface area contributed by atoms with Crippen molar-refractivity contribution in [2.75, 3.05) is 5.32 Å². The summed E-state index contributed by atoms with van der Waals surface area (Å²) in [6.45, 7) is 5.00. The Kier molecular flexibility index (Phi) is 5.67. The summed E-state index contributed by atoms with van der Waals surface area (Å²) in [6, 6.07) is 10.8. The number of anilines is 1. The number of carbonyl (C=O) groups excluding carboxylic acids is 1. The lowest BCUT2D eigenvalue weighted by molar-refractivity contribution is -0.114. The molecule has 0 radical (unpaired) electrons. The molecule has 0 aromatic heterocycles. The maximum absolute atomic E-state index is 12.9. The minimum atomic E-state index is -3.72. The van der Waals surface area contributed by atoms with Crippen LogP contribution in [0.4, 0.5) is 5.69 Å². The molecule has 3 rings (SSSR count). The molecule has 0 heterocycles. The van der Waals surface area contributed by atoms with Crippen LogP contribution in [0.1, 0.15) is 55.0 Å². The number of hydrogen-bond acceptors (Lipinski definition) is 3. The van der Waals surface area contributed by atoms with Crippen LogP contribution in [0.2, 0.25) is 0 Å². The van der Waals surface area contributed by atoms with E-state index >= 15 is 0 Å². The predicted molar refractivity (Wildman–Crippen MR) is 107 cm³/mol. The number of aryl methyl sites for hydroxylation is 3. The number of amides is 1. The third kappa shape index (κ3) is 4.57. The van der Waals surface area contributed by atoms with E-state index in [1.54, 1.807) is 19.1 Å². The minimum Gasteiger partial charge on any atom is -0.326 e. The maximum atomic E-state index is 12.9. The van der Waals surface area contributed by atoms with Gasteiger partial charge in [0.25, 0.3) is 0 Å². The molecule has 144 valence electrons. The first-order valence-corrected chi connectivity index (χ1v) is 10.8. The third-order valence-corrected chi connectivity index (χ3v) is 6.69. The molecule has 0 fully saturated rings. The molecular formula is C21H26N2O3S. The van der Waals surface area contributed by atoms with Gasteiger partial charge in [-0.1, -0.05) is 24.3 Å². The lowest BCUT2D eigenvalue weighted by atomic mass is 9.89. The molecule has 6 heteroatoms. The van der Waals surface area contributed by atoms with Gasteiger partial charge < -0.3 is 5.32 Å². The molecule has 0 saturated carbocycles. The molecule has 2 aromatic rings. The second kappa shape index (κ2) is 7.82. The van der Waals surface area contributed by atoms with Crippen LogP contribution in [0.3, 0.4) is 0 Å². The van der Waals surface area contributed by atoms with Gasteiger partial charge in [-0.25, -0.2) is 13.1 Å². The van der Waals surface area contributed by atoms with E-state index in [9.17, 15) is 13.2 Å². The summed E-state index contributed by atoms with van der Waals surface area (Å²) < 4.78 is 28.7. The maximum Gasteiger partial charge on any atom is 0.241 e. The number of nitrogens with one attached hydrogen (secondary N) is 2. The summed E-state index contributed by atoms with van der Waals surface area (Å²) >= 11 is 0. The summed E-state index contributed by atoms with van der Waals surface area (Å²) in [7, 11) is -3.72. The predicted octanol–water partition coefficient (Wildman–Crippen LogP) is 3.87. The van der Waals surface area contributed by atoms with Crippen molar-refractivity contribution in [3.05, 3.63) is 58.7 Å². The highest BCUT2D eigenvalue weighted by Gasteiger charge is 2.22. The van der Waals surface area contributed by atoms with Gasteiger partial charge in [-0.3, -0.25) is 4.79 Å². The van der Waals surface area contributed by atoms with Gasteiger partial charge >= 0.3 is 0 Å². The second-order valence-corrected chi connectivity index (χ2v) is 8.92. The first-order chi connectivity index (χ1) is 12.8. The van der Waals surface area contributed by atoms with Gasteiger partial charge in [0.15, 0.2) is 0 Å². The van der Waals surface area contributed by atoms with Crippen molar-refractivity contribution < 1.29 is 13.2 Å². The second-order valence-electron chi connectivity index (χ2n) is 7.24. The standard InChI is InChI=1S/C21H26N2O3S/c1-14-8-11-20(22-16(3)24)13-21(14)27(25,26)23-15(2)18-10-9-17-6-4-5-7-19(17)12-18/h8-13,15,23H,4-7H2,1-3H3,(H,22,24). The first-order valence-electron chi connectivity index (χ1n) is 9.28. The monoisotopic (exact) mass is 386 g/mol. The van der Waals surface area contributed by atoms with Gasteiger partial charge in [-0.05, 0) is 73.9 Å². The SMILES string of the molecule is CC(=O)Nc1ccc(C)c(S(=O)(=O)NC(C)c2ccc3c(c2)CCCC3)c1. The van der Waals surface area contributed by atoms with Gasteiger partial charge in [-0.2, -0.15) is 0 Å². The van der Waals surface area contributed by atoms with Crippen molar-refractivity contribution >= 4 is 21.6 Å². The average molecular weight is 387 g/mol. The molecule has 0 spiro atoms. The largest absolute Gasteiger partial charge is 0.326 e. The molecule has 1 unspecified atom stereocenters. The van der Waals surface area contributed by atoms with Crippen molar-refractivity contribution in [3.8, 4) is 0 Å². The Hall–Kier alpha value is -2.18. The van der Waals surface area contributed by atoms with Crippen molar-refractivity contribution in [1.82, 2.24) is 4.72 Å². The number of carbonyl (C=O) groups is 1. The number of sulfonamides is 1. The topological polar surface area (TPSA) is 75.3 Å². The lowest BCUT2D eigenvalue weighted by Gasteiger charge is -2.20. The van der Waals surface area contributed by atoms with Gasteiger partial charge in [0.05, 0.1) is 4.90 Å². The van der Waals surface area contributed by atoms with E-state index in [2.05, 4.69) is 22.2 Å². The molecule has 27 heavy (non-hydrogen) atoms. The van der Waals surface area contributed by atoms with Crippen LogP contribution in [0, 0.1) is 6.92 Å². The van der Waals surface area contributed by atoms with E-state index in [4.69, 9.17) is 0 Å². The molecule has 1 amide bonds. The Morgan fingerprint density at radius 3 is 2.44 bits per heavy atom. The van der Waals surface area contributed by atoms with Gasteiger partial charge in [-0.15, -0.1) is 0 Å². The zero-order valence-electron chi connectivity index (χ0n) is 16.0. The van der Waals surface area contributed by atoms with E-state index in [1.165, 1.54) is 37.0 Å². The quantitative estimate of drug-likeness (QED) is 0.819. The molecule has 1 atom stereocenters. The molecule has 2 aromatic carbocycles. The van der Waals surface area contributed by atoms with Crippen molar-refractivity contribution in [3.63, 3.8) is 0 Å². The average Bonchev–Trinajstić information content (AvgIpc) is 2.62. The summed E-state index contributed by atoms with van der Waals surface area (Å²) in [6.07, 6.45) is 4.56. The highest BCUT2D eigenvalue weighted by molar-refractivity contribution is 7.89. The smallest absolute Gasteiger partial charge is 0.241 e. The number of hydrogen-bond donors (Lipinski definition) is 2. The van der Waals surface area contributed by atoms with Crippen LogP contribution in [0.25, 0.3) is 0 Å². The number of rotatable bonds is 5. The fourth-order valence-corrected chi connectivity index (χ4v) is 5.06. The fourth-order valence-electron chi connectivity index (χ4n) is 3.56. The third-order valence-electron chi connectivity index (χ3n) is 5.00. The Balaban J connectivity index is 1.84. The normalized spacial score (nSPS) is 15.1. The number of fused-ring (bicyclic) bond motifs is 1. The Morgan fingerprint density at radius 2 is 1.74 bits per heavy atom. The molecule has 1 aliphatic rings. The lowest BCUT2D eigenvalue weighted by Crippen LogP contribution is -2.28. The highest BCUT2D eigenvalue weighted by Crippen LogP contribution is 2.27. The molecular weight excluding hydrogens is 360 g/mol. The van der Waals surface area contributed by atoms with Crippen molar-refractivity contribution in [2.45, 2.75) is 57.4 Å². The summed E-state index contributed by atoms with van der Waals surface area (Å²) in [5.41, 5.74) is 4.77. The van der Waals surface area contributed by atoms with Gasteiger partial charge in [0, 0.05) is 18.7 Å². The molecule has 0 saturated heterocycles. The van der Waals surface area contributed by atoms with Crippen LogP contribution in [0.5, 0.6) is 0 Å². The Bertz CT molecular complexity index is 967. The number of benzene rings is 2. The minimum absolute atomic E-state index is 0.179. The van der Waals surface area contributed by atoms with Crippen LogP contribution in [0.15, 0.2) is 41.3 Å². The van der Waals surface area contributed by atoms with E-state index in [0.717, 1.165) is 18.4 Å². The van der Waals surface area contributed by atoms with E-state index in [-0.39, 0.29) is 16.8 Å². The van der Waals surface area contributed by atoms with Gasteiger partial charge in [0.2, 0.25) is 15.9 Å². The van der Waals surface area contributed by atoms with Crippen molar-refractivity contribution in [1.29, 1.82) is 0 Å². The van der Waals surface area contributed by atoms with E-state index in [0.29, 0.717) is 11.3 Å². The van der Waals surface area contributed by atoms with Crippen LogP contribution in [-0.4, -0.2) is 14.3 Å². The van der Waals surface area contributed by atoms with Crippen LogP contribution in [-0.2, 0) is 27.7 Å². The van der Waals surface area contributed by atoms with E-state index < -0.39 is 10.0 Å². The Labute approximate surface area is 161 Å². The zero-order chi connectivity index (χ0) is 19.6. The fraction of sp³-hybridized carbons (Fsp3) is 0.381. The highest BCUT2D eigenvalue weighted by atomic mass is 32.2. The summed E-state index contributed by atoms with van der Waals surface area (Å²) in [5, 5.41) is 2.63. The summed E-state index contributed by atoms with van der Waals surface area (Å²) in [4.78, 5) is 11.4. The molecule has 1 aliphatic carbocycles. The molecule has 5 nitrogen and oxygen atoms in total. The molecule has 0 bridgehead atoms. The summed E-state index contributed by atoms with van der Waals surface area (Å²) in [5.74, 6) is -0.238. The van der Waals surface area contributed by atoms with Crippen LogP contribution >= 0.6 is 0 Å². The zero-order valence-corrected chi connectivity index (χ0v) is 16.8. The van der Waals surface area contributed by atoms with Gasteiger partial charge in [0.1, 0.15) is 0 Å². The van der Waals surface area contributed by atoms with Crippen molar-refractivity contribution in [2.24, 2.45) is 0 Å². The van der Waals surface area contributed by atoms with E-state index in [1.807, 2.05) is 13.0 Å². The molecule has 0 aliphatic heterocycles.